The molecule has 0 spiro atoms. The second kappa shape index (κ2) is 6.45. The molecule has 0 amide bonds. The van der Waals surface area contributed by atoms with Crippen LogP contribution in [0.2, 0.25) is 0 Å². The minimum atomic E-state index is -3.03. The van der Waals surface area contributed by atoms with Crippen LogP contribution in [0.25, 0.3) is 0 Å². The van der Waals surface area contributed by atoms with Crippen molar-refractivity contribution in [1.82, 2.24) is 4.72 Å². The minimum Gasteiger partial charge on any atom is -0.330 e. The summed E-state index contributed by atoms with van der Waals surface area (Å²) in [5, 5.41) is -0.132. The standard InChI is InChI=1S/C10H22N2O2S/c11-8-4-1-5-9-12-15(13,14)10-6-2-3-7-10/h10,12H,1-9,11H2. The SMILES string of the molecule is NCCCCCNS(=O)(=O)C1CCCC1. The second-order valence-corrected chi connectivity index (χ2v) is 6.24. The van der Waals surface area contributed by atoms with Crippen LogP contribution < -0.4 is 10.5 Å². The first-order valence-corrected chi connectivity index (χ1v) is 7.40. The van der Waals surface area contributed by atoms with Crippen LogP contribution in [0.4, 0.5) is 0 Å². The molecule has 0 unspecified atom stereocenters. The van der Waals surface area contributed by atoms with E-state index in [9.17, 15) is 8.42 Å². The maximum Gasteiger partial charge on any atom is 0.214 e. The molecule has 3 N–H and O–H groups in total. The molecule has 1 rings (SSSR count). The lowest BCUT2D eigenvalue weighted by atomic mass is 10.2. The minimum absolute atomic E-state index is 0.132. The van der Waals surface area contributed by atoms with Gasteiger partial charge in [0.15, 0.2) is 0 Å². The average molecular weight is 234 g/mol. The zero-order chi connectivity index (χ0) is 11.1. The van der Waals surface area contributed by atoms with Crippen molar-refractivity contribution in [2.45, 2.75) is 50.2 Å². The topological polar surface area (TPSA) is 72.2 Å². The monoisotopic (exact) mass is 234 g/mol. The Morgan fingerprint density at radius 2 is 1.80 bits per heavy atom. The van der Waals surface area contributed by atoms with Crippen LogP contribution >= 0.6 is 0 Å². The van der Waals surface area contributed by atoms with Crippen molar-refractivity contribution in [2.75, 3.05) is 13.1 Å². The molecule has 1 aliphatic carbocycles. The van der Waals surface area contributed by atoms with Gasteiger partial charge < -0.3 is 5.73 Å². The van der Waals surface area contributed by atoms with Gasteiger partial charge in [-0.25, -0.2) is 13.1 Å². The Kier molecular flexibility index (Phi) is 5.56. The van der Waals surface area contributed by atoms with Crippen LogP contribution in [0, 0.1) is 0 Å². The fourth-order valence-corrected chi connectivity index (χ4v) is 3.60. The highest BCUT2D eigenvalue weighted by molar-refractivity contribution is 7.90. The van der Waals surface area contributed by atoms with E-state index in [1.807, 2.05) is 0 Å². The lowest BCUT2D eigenvalue weighted by molar-refractivity contribution is 0.559. The van der Waals surface area contributed by atoms with E-state index in [4.69, 9.17) is 5.73 Å². The molecule has 0 saturated heterocycles. The lowest BCUT2D eigenvalue weighted by Crippen LogP contribution is -2.33. The molecule has 0 radical (unpaired) electrons. The molecule has 0 heterocycles. The number of nitrogens with two attached hydrogens (primary N) is 1. The summed E-state index contributed by atoms with van der Waals surface area (Å²) in [7, 11) is -3.03. The number of sulfonamides is 1. The Bertz CT molecular complexity index is 259. The van der Waals surface area contributed by atoms with Crippen molar-refractivity contribution in [2.24, 2.45) is 5.73 Å². The fourth-order valence-electron chi connectivity index (χ4n) is 1.98. The van der Waals surface area contributed by atoms with E-state index in [0.29, 0.717) is 13.1 Å². The number of rotatable bonds is 7. The van der Waals surface area contributed by atoms with Crippen LogP contribution in [-0.2, 0) is 10.0 Å². The highest BCUT2D eigenvalue weighted by Gasteiger charge is 2.27. The van der Waals surface area contributed by atoms with Crippen LogP contribution in [0.1, 0.15) is 44.9 Å². The van der Waals surface area contributed by atoms with E-state index in [1.54, 1.807) is 0 Å². The molecule has 0 aromatic heterocycles. The highest BCUT2D eigenvalue weighted by atomic mass is 32.2. The van der Waals surface area contributed by atoms with Crippen LogP contribution in [0.15, 0.2) is 0 Å². The van der Waals surface area contributed by atoms with Gasteiger partial charge in [0.05, 0.1) is 5.25 Å². The predicted molar refractivity (Wildman–Crippen MR) is 62.1 cm³/mol. The lowest BCUT2D eigenvalue weighted by Gasteiger charge is -2.11. The van der Waals surface area contributed by atoms with Crippen molar-refractivity contribution < 1.29 is 8.42 Å². The summed E-state index contributed by atoms with van der Waals surface area (Å²) in [6.45, 7) is 1.26. The van der Waals surface area contributed by atoms with Crippen LogP contribution in [0.5, 0.6) is 0 Å². The van der Waals surface area contributed by atoms with Crippen molar-refractivity contribution >= 4 is 10.0 Å². The molecule has 1 aliphatic rings. The molecular weight excluding hydrogens is 212 g/mol. The average Bonchev–Trinajstić information content (AvgIpc) is 2.70. The number of hydrogen-bond acceptors (Lipinski definition) is 3. The van der Waals surface area contributed by atoms with Crippen molar-refractivity contribution in [3.05, 3.63) is 0 Å². The Morgan fingerprint density at radius 1 is 1.13 bits per heavy atom. The molecule has 0 aliphatic heterocycles. The van der Waals surface area contributed by atoms with E-state index < -0.39 is 10.0 Å². The molecule has 0 bridgehead atoms. The van der Waals surface area contributed by atoms with Crippen molar-refractivity contribution in [3.8, 4) is 0 Å². The van der Waals surface area contributed by atoms with E-state index in [0.717, 1.165) is 44.9 Å². The smallest absolute Gasteiger partial charge is 0.214 e. The van der Waals surface area contributed by atoms with Crippen LogP contribution in [0.3, 0.4) is 0 Å². The van der Waals surface area contributed by atoms with Gasteiger partial charge in [0.1, 0.15) is 0 Å². The fraction of sp³-hybridized carbons (Fsp3) is 1.00. The third-order valence-corrected chi connectivity index (χ3v) is 4.88. The van der Waals surface area contributed by atoms with Gasteiger partial charge in [-0.05, 0) is 32.2 Å². The maximum atomic E-state index is 11.7. The Morgan fingerprint density at radius 3 is 2.40 bits per heavy atom. The van der Waals surface area contributed by atoms with Gasteiger partial charge in [-0.1, -0.05) is 19.3 Å². The third-order valence-electron chi connectivity index (χ3n) is 2.93. The second-order valence-electron chi connectivity index (χ2n) is 4.20. The highest BCUT2D eigenvalue weighted by Crippen LogP contribution is 2.23. The number of nitrogens with one attached hydrogen (secondary N) is 1. The molecule has 0 aromatic carbocycles. The maximum absolute atomic E-state index is 11.7. The Labute approximate surface area is 92.7 Å². The summed E-state index contributed by atoms with van der Waals surface area (Å²) >= 11 is 0. The van der Waals surface area contributed by atoms with Gasteiger partial charge >= 0.3 is 0 Å². The van der Waals surface area contributed by atoms with Gasteiger partial charge in [-0.3, -0.25) is 0 Å². The molecular formula is C10H22N2O2S. The first-order valence-electron chi connectivity index (χ1n) is 5.85. The largest absolute Gasteiger partial charge is 0.330 e. The van der Waals surface area contributed by atoms with E-state index in [2.05, 4.69) is 4.72 Å². The zero-order valence-corrected chi connectivity index (χ0v) is 10.1. The zero-order valence-electron chi connectivity index (χ0n) is 9.24. The van der Waals surface area contributed by atoms with Gasteiger partial charge in [-0.15, -0.1) is 0 Å². The molecule has 5 heteroatoms. The summed E-state index contributed by atoms with van der Waals surface area (Å²) in [6.07, 6.45) is 6.64. The normalized spacial score (nSPS) is 18.5. The Hall–Kier alpha value is -0.130. The summed E-state index contributed by atoms with van der Waals surface area (Å²) < 4.78 is 26.2. The molecule has 1 saturated carbocycles. The molecule has 15 heavy (non-hydrogen) atoms. The van der Waals surface area contributed by atoms with E-state index in [-0.39, 0.29) is 5.25 Å². The first kappa shape index (κ1) is 12.9. The molecule has 0 atom stereocenters. The summed E-state index contributed by atoms with van der Waals surface area (Å²) in [5.41, 5.74) is 5.36. The first-order chi connectivity index (χ1) is 7.17. The van der Waals surface area contributed by atoms with Gasteiger partial charge in [0.2, 0.25) is 10.0 Å². The van der Waals surface area contributed by atoms with Crippen molar-refractivity contribution in [3.63, 3.8) is 0 Å². The summed E-state index contributed by atoms with van der Waals surface area (Å²) in [5.74, 6) is 0. The summed E-state index contributed by atoms with van der Waals surface area (Å²) in [6, 6.07) is 0. The van der Waals surface area contributed by atoms with Crippen molar-refractivity contribution in [1.29, 1.82) is 0 Å². The van der Waals surface area contributed by atoms with Gasteiger partial charge in [0.25, 0.3) is 0 Å². The number of unbranched alkanes of at least 4 members (excludes halogenated alkanes) is 2. The predicted octanol–water partition coefficient (Wildman–Crippen LogP) is 0.977. The molecule has 1 fully saturated rings. The summed E-state index contributed by atoms with van der Waals surface area (Å²) in [4.78, 5) is 0. The molecule has 4 nitrogen and oxygen atoms in total. The van der Waals surface area contributed by atoms with Crippen LogP contribution in [-0.4, -0.2) is 26.8 Å². The molecule has 0 aromatic rings. The van der Waals surface area contributed by atoms with E-state index >= 15 is 0 Å². The van der Waals surface area contributed by atoms with Gasteiger partial charge in [-0.2, -0.15) is 0 Å². The molecule has 90 valence electrons. The number of hydrogen-bond donors (Lipinski definition) is 2. The third kappa shape index (κ3) is 4.49. The quantitative estimate of drug-likeness (QED) is 0.645. The van der Waals surface area contributed by atoms with Gasteiger partial charge in [0, 0.05) is 6.54 Å². The Balaban J connectivity index is 2.18. The van der Waals surface area contributed by atoms with E-state index in [1.165, 1.54) is 0 Å².